The van der Waals surface area contributed by atoms with Gasteiger partial charge in [0.25, 0.3) is 0 Å². The lowest BCUT2D eigenvalue weighted by molar-refractivity contribution is -0.151. The Hall–Kier alpha value is -0.300. The fourth-order valence-corrected chi connectivity index (χ4v) is 1.98. The minimum absolute atomic E-state index is 0.0247. The van der Waals surface area contributed by atoms with Crippen LogP contribution in [0.1, 0.15) is 12.8 Å². The Morgan fingerprint density at radius 1 is 1.56 bits per heavy atom. The zero-order valence-electron chi connectivity index (χ0n) is 8.76. The first-order valence-electron chi connectivity index (χ1n) is 4.86. The number of carbonyl (C=O) groups excluding carboxylic acids is 1. The molecular weight excluding hydrogens is 291 g/mol. The summed E-state index contributed by atoms with van der Waals surface area (Å²) in [5.74, 6) is -0.548. The molecule has 1 atom stereocenters. The largest absolute Gasteiger partial charge is 0.468 e. The predicted octanol–water partition coefficient (Wildman–Crippen LogP) is 1.95. The molecule has 0 aliphatic heterocycles. The van der Waals surface area contributed by atoms with Gasteiger partial charge < -0.3 is 4.74 Å². The molecular formula is C9H13BrF3NO2. The van der Waals surface area contributed by atoms with Crippen molar-refractivity contribution in [3.8, 4) is 0 Å². The maximum Gasteiger partial charge on any atom is 0.401 e. The van der Waals surface area contributed by atoms with E-state index in [2.05, 4.69) is 20.7 Å². The van der Waals surface area contributed by atoms with Crippen LogP contribution in [0.15, 0.2) is 0 Å². The van der Waals surface area contributed by atoms with Crippen molar-refractivity contribution in [2.45, 2.75) is 29.9 Å². The Morgan fingerprint density at radius 3 is 2.50 bits per heavy atom. The van der Waals surface area contributed by atoms with Crippen LogP contribution in [0.5, 0.6) is 0 Å². The lowest BCUT2D eigenvalue weighted by atomic mass is 10.3. The van der Waals surface area contributed by atoms with E-state index in [1.54, 1.807) is 0 Å². The van der Waals surface area contributed by atoms with Crippen molar-refractivity contribution in [2.75, 3.05) is 20.2 Å². The van der Waals surface area contributed by atoms with E-state index in [-0.39, 0.29) is 12.6 Å². The van der Waals surface area contributed by atoms with E-state index in [0.717, 1.165) is 12.8 Å². The van der Waals surface area contributed by atoms with Gasteiger partial charge in [0, 0.05) is 12.6 Å². The molecule has 0 amide bonds. The number of alkyl halides is 4. The molecule has 0 N–H and O–H groups in total. The molecule has 0 bridgehead atoms. The number of carbonyl (C=O) groups is 1. The first kappa shape index (κ1) is 13.8. The third kappa shape index (κ3) is 4.69. The van der Waals surface area contributed by atoms with Gasteiger partial charge in [-0.2, -0.15) is 13.2 Å². The second-order valence-electron chi connectivity index (χ2n) is 3.77. The summed E-state index contributed by atoms with van der Waals surface area (Å²) in [4.78, 5) is 11.6. The van der Waals surface area contributed by atoms with Crippen LogP contribution in [0.2, 0.25) is 0 Å². The number of hydrogen-bond donors (Lipinski definition) is 0. The Labute approximate surface area is 100 Å². The topological polar surface area (TPSA) is 29.5 Å². The van der Waals surface area contributed by atoms with Crippen LogP contribution in [-0.2, 0) is 9.53 Å². The Bertz CT molecular complexity index is 256. The van der Waals surface area contributed by atoms with Crippen LogP contribution in [0.4, 0.5) is 13.2 Å². The zero-order chi connectivity index (χ0) is 12.3. The summed E-state index contributed by atoms with van der Waals surface area (Å²) in [6.07, 6.45) is -2.71. The molecule has 1 aliphatic carbocycles. The molecule has 1 fully saturated rings. The third-order valence-electron chi connectivity index (χ3n) is 2.30. The van der Waals surface area contributed by atoms with Gasteiger partial charge in [0.1, 0.15) is 4.83 Å². The minimum Gasteiger partial charge on any atom is -0.468 e. The Kier molecular flexibility index (Phi) is 4.61. The summed E-state index contributed by atoms with van der Waals surface area (Å²) in [6.45, 7) is -0.951. The van der Waals surface area contributed by atoms with Crippen molar-refractivity contribution in [3.63, 3.8) is 0 Å². The smallest absolute Gasteiger partial charge is 0.401 e. The quantitative estimate of drug-likeness (QED) is 0.574. The Balaban J connectivity index is 2.48. The third-order valence-corrected chi connectivity index (χ3v) is 2.96. The fourth-order valence-electron chi connectivity index (χ4n) is 1.42. The number of esters is 1. The predicted molar refractivity (Wildman–Crippen MR) is 55.4 cm³/mol. The fraction of sp³-hybridized carbons (Fsp3) is 0.889. The molecule has 7 heteroatoms. The highest BCUT2D eigenvalue weighted by molar-refractivity contribution is 9.10. The van der Waals surface area contributed by atoms with E-state index < -0.39 is 23.5 Å². The molecule has 0 aromatic carbocycles. The van der Waals surface area contributed by atoms with Gasteiger partial charge in [-0.3, -0.25) is 9.69 Å². The summed E-state index contributed by atoms with van der Waals surface area (Å²) in [6, 6.07) is -0.0497. The lowest BCUT2D eigenvalue weighted by Gasteiger charge is -2.24. The minimum atomic E-state index is -4.23. The molecule has 0 aromatic heterocycles. The van der Waals surface area contributed by atoms with E-state index >= 15 is 0 Å². The van der Waals surface area contributed by atoms with Gasteiger partial charge in [-0.05, 0) is 12.8 Å². The lowest BCUT2D eigenvalue weighted by Crippen LogP contribution is -2.41. The van der Waals surface area contributed by atoms with Gasteiger partial charge >= 0.3 is 12.1 Å². The van der Waals surface area contributed by atoms with Crippen LogP contribution in [0.3, 0.4) is 0 Å². The van der Waals surface area contributed by atoms with Crippen LogP contribution >= 0.6 is 15.9 Å². The molecule has 0 spiro atoms. The average Bonchev–Trinajstić information content (AvgIpc) is 2.96. The monoisotopic (exact) mass is 303 g/mol. The average molecular weight is 304 g/mol. The molecule has 1 saturated carbocycles. The zero-order valence-corrected chi connectivity index (χ0v) is 10.3. The van der Waals surface area contributed by atoms with Crippen LogP contribution in [0, 0.1) is 0 Å². The molecule has 0 radical (unpaired) electrons. The van der Waals surface area contributed by atoms with E-state index in [1.807, 2.05) is 0 Å². The molecule has 94 valence electrons. The first-order chi connectivity index (χ1) is 7.33. The molecule has 1 aliphatic rings. The summed E-state index contributed by atoms with van der Waals surface area (Å²) in [7, 11) is 1.21. The van der Waals surface area contributed by atoms with E-state index in [4.69, 9.17) is 0 Å². The van der Waals surface area contributed by atoms with Gasteiger partial charge in [-0.1, -0.05) is 15.9 Å². The van der Waals surface area contributed by atoms with E-state index in [0.29, 0.717) is 0 Å². The van der Waals surface area contributed by atoms with Gasteiger partial charge in [0.15, 0.2) is 0 Å². The SMILES string of the molecule is COC(=O)C(Br)CN(CC(F)(F)F)C1CC1. The number of rotatable bonds is 5. The highest BCUT2D eigenvalue weighted by Crippen LogP contribution is 2.30. The number of ether oxygens (including phenoxy) is 1. The second-order valence-corrected chi connectivity index (χ2v) is 4.87. The summed E-state index contributed by atoms with van der Waals surface area (Å²) < 4.78 is 41.2. The molecule has 0 heterocycles. The molecule has 3 nitrogen and oxygen atoms in total. The van der Waals surface area contributed by atoms with Crippen molar-refractivity contribution >= 4 is 21.9 Å². The molecule has 16 heavy (non-hydrogen) atoms. The summed E-state index contributed by atoms with van der Waals surface area (Å²) >= 11 is 3.02. The van der Waals surface area contributed by atoms with Gasteiger partial charge in [-0.15, -0.1) is 0 Å². The number of hydrogen-bond acceptors (Lipinski definition) is 3. The van der Waals surface area contributed by atoms with Crippen LogP contribution in [-0.4, -0.2) is 48.1 Å². The summed E-state index contributed by atoms with van der Waals surface area (Å²) in [5.41, 5.74) is 0. The van der Waals surface area contributed by atoms with Crippen molar-refractivity contribution in [3.05, 3.63) is 0 Å². The standard InChI is InChI=1S/C9H13BrF3NO2/c1-16-8(15)7(10)4-14(6-2-3-6)5-9(11,12)13/h6-7H,2-5H2,1H3. The van der Waals surface area contributed by atoms with Crippen LogP contribution < -0.4 is 0 Å². The highest BCUT2D eigenvalue weighted by atomic mass is 79.9. The van der Waals surface area contributed by atoms with E-state index in [9.17, 15) is 18.0 Å². The van der Waals surface area contributed by atoms with Crippen LogP contribution in [0.25, 0.3) is 0 Å². The Morgan fingerprint density at radius 2 is 2.12 bits per heavy atom. The van der Waals surface area contributed by atoms with Gasteiger partial charge in [-0.25, -0.2) is 0 Å². The van der Waals surface area contributed by atoms with Crippen molar-refractivity contribution in [1.29, 1.82) is 0 Å². The molecule has 1 unspecified atom stereocenters. The van der Waals surface area contributed by atoms with Crippen molar-refractivity contribution < 1.29 is 22.7 Å². The molecule has 1 rings (SSSR count). The first-order valence-corrected chi connectivity index (χ1v) is 5.77. The summed E-state index contributed by atoms with van der Waals surface area (Å²) in [5, 5.41) is 0. The van der Waals surface area contributed by atoms with Gasteiger partial charge in [0.2, 0.25) is 0 Å². The second kappa shape index (κ2) is 5.35. The highest BCUT2D eigenvalue weighted by Gasteiger charge is 2.39. The van der Waals surface area contributed by atoms with Crippen molar-refractivity contribution in [1.82, 2.24) is 4.90 Å². The molecule has 0 aromatic rings. The number of nitrogens with zero attached hydrogens (tertiary/aromatic N) is 1. The molecule has 0 saturated heterocycles. The van der Waals surface area contributed by atoms with Crippen molar-refractivity contribution in [2.24, 2.45) is 0 Å². The van der Waals surface area contributed by atoms with E-state index in [1.165, 1.54) is 12.0 Å². The number of halogens is 4. The maximum absolute atomic E-state index is 12.3. The normalized spacial score (nSPS) is 18.6. The number of methoxy groups -OCH3 is 1. The van der Waals surface area contributed by atoms with Gasteiger partial charge in [0.05, 0.1) is 13.7 Å². The maximum atomic E-state index is 12.3.